The minimum atomic E-state index is -3.46. The van der Waals surface area contributed by atoms with Gasteiger partial charge in [-0.3, -0.25) is 10.4 Å². The fourth-order valence-electron chi connectivity index (χ4n) is 1.69. The average Bonchev–Trinajstić information content (AvgIpc) is 2.44. The number of nitrogens with zero attached hydrogens (tertiary/aromatic N) is 2. The van der Waals surface area contributed by atoms with Crippen LogP contribution in [0.25, 0.3) is 0 Å². The zero-order valence-corrected chi connectivity index (χ0v) is 13.0. The van der Waals surface area contributed by atoms with Crippen molar-refractivity contribution in [3.63, 3.8) is 0 Å². The van der Waals surface area contributed by atoms with Crippen LogP contribution in [0.4, 0.5) is 0 Å². The molecular weight excluding hydrogens is 292 g/mol. The summed E-state index contributed by atoms with van der Waals surface area (Å²) in [5, 5.41) is 7.26. The summed E-state index contributed by atoms with van der Waals surface area (Å²) >= 11 is 0. The molecule has 0 aliphatic heterocycles. The normalized spacial score (nSPS) is 11.7. The smallest absolute Gasteiger partial charge is 0.216 e. The van der Waals surface area contributed by atoms with Crippen LogP contribution in [0.1, 0.15) is 18.9 Å². The molecule has 8 heteroatoms. The number of sulfonamides is 1. The predicted molar refractivity (Wildman–Crippen MR) is 81.5 cm³/mol. The molecule has 3 N–H and O–H groups in total. The molecule has 0 radical (unpaired) electrons. The highest BCUT2D eigenvalue weighted by Crippen LogP contribution is 2.10. The summed E-state index contributed by atoms with van der Waals surface area (Å²) < 4.78 is 31.1. The maximum absolute atomic E-state index is 12.3. The lowest BCUT2D eigenvalue weighted by atomic mass is 10.3. The van der Waals surface area contributed by atoms with Gasteiger partial charge in [0.25, 0.3) is 0 Å². The molecule has 0 spiro atoms. The van der Waals surface area contributed by atoms with Crippen LogP contribution in [0.3, 0.4) is 0 Å². The number of aromatic nitrogens is 1. The highest BCUT2D eigenvalue weighted by atomic mass is 32.2. The lowest BCUT2D eigenvalue weighted by Gasteiger charge is -2.22. The van der Waals surface area contributed by atoms with E-state index in [1.165, 1.54) is 4.31 Å². The summed E-state index contributed by atoms with van der Waals surface area (Å²) in [5.74, 6) is -0.120. The second-order valence-electron chi connectivity index (χ2n) is 4.48. The van der Waals surface area contributed by atoms with Crippen LogP contribution in [-0.4, -0.2) is 49.1 Å². The van der Waals surface area contributed by atoms with E-state index in [-0.39, 0.29) is 37.7 Å². The average molecular weight is 314 g/mol. The monoisotopic (exact) mass is 314 g/mol. The molecule has 0 bridgehead atoms. The molecule has 118 valence electrons. The molecule has 0 aliphatic rings. The number of nitrogens with one attached hydrogen (secondary N) is 1. The molecule has 0 amide bonds. The molecule has 0 aliphatic carbocycles. The van der Waals surface area contributed by atoms with Crippen LogP contribution in [0.2, 0.25) is 0 Å². The van der Waals surface area contributed by atoms with Crippen LogP contribution >= 0.6 is 0 Å². The Morgan fingerprint density at radius 2 is 2.29 bits per heavy atom. The van der Waals surface area contributed by atoms with E-state index in [0.29, 0.717) is 6.61 Å². The fraction of sp³-hybridized carbons (Fsp3) is 0.538. The molecule has 0 atom stereocenters. The molecule has 1 aromatic rings. The van der Waals surface area contributed by atoms with E-state index in [1.54, 1.807) is 18.5 Å². The third-order valence-electron chi connectivity index (χ3n) is 2.80. The van der Waals surface area contributed by atoms with Crippen molar-refractivity contribution in [1.29, 1.82) is 5.41 Å². The lowest BCUT2D eigenvalue weighted by Crippen LogP contribution is -2.36. The van der Waals surface area contributed by atoms with Crippen LogP contribution in [0.5, 0.6) is 0 Å². The summed E-state index contributed by atoms with van der Waals surface area (Å²) in [4.78, 5) is 3.98. The molecule has 1 rings (SSSR count). The third kappa shape index (κ3) is 6.65. The maximum atomic E-state index is 12.3. The van der Waals surface area contributed by atoms with Gasteiger partial charge in [0.2, 0.25) is 10.0 Å². The highest BCUT2D eigenvalue weighted by molar-refractivity contribution is 7.89. The van der Waals surface area contributed by atoms with Gasteiger partial charge in [-0.25, -0.2) is 8.42 Å². The molecule has 0 aromatic carbocycles. The Bertz CT molecular complexity index is 534. The molecule has 0 unspecified atom stereocenters. The van der Waals surface area contributed by atoms with Crippen molar-refractivity contribution in [2.75, 3.05) is 25.5 Å². The summed E-state index contributed by atoms with van der Waals surface area (Å²) in [5.41, 5.74) is 6.12. The van der Waals surface area contributed by atoms with Gasteiger partial charge in [0.05, 0.1) is 18.2 Å². The van der Waals surface area contributed by atoms with Crippen molar-refractivity contribution in [3.05, 3.63) is 30.1 Å². The van der Waals surface area contributed by atoms with E-state index in [9.17, 15) is 8.42 Å². The maximum Gasteiger partial charge on any atom is 0.216 e. The van der Waals surface area contributed by atoms with Gasteiger partial charge in [-0.05, 0) is 18.6 Å². The number of nitrogens with two attached hydrogens (primary N) is 1. The van der Waals surface area contributed by atoms with Crippen molar-refractivity contribution in [3.8, 4) is 0 Å². The van der Waals surface area contributed by atoms with E-state index in [2.05, 4.69) is 4.98 Å². The number of ether oxygens (including phenoxy) is 1. The largest absolute Gasteiger partial charge is 0.388 e. The quantitative estimate of drug-likeness (QED) is 0.373. The van der Waals surface area contributed by atoms with Crippen molar-refractivity contribution in [1.82, 2.24) is 9.29 Å². The van der Waals surface area contributed by atoms with Crippen LogP contribution in [0, 0.1) is 5.41 Å². The Morgan fingerprint density at radius 3 is 2.86 bits per heavy atom. The van der Waals surface area contributed by atoms with Crippen molar-refractivity contribution < 1.29 is 13.2 Å². The first-order chi connectivity index (χ1) is 9.95. The topological polar surface area (TPSA) is 109 Å². The zero-order valence-electron chi connectivity index (χ0n) is 12.2. The second kappa shape index (κ2) is 8.71. The number of rotatable bonds is 10. The Morgan fingerprint density at radius 1 is 1.52 bits per heavy atom. The number of hydrogen-bond acceptors (Lipinski definition) is 5. The Balaban J connectivity index is 2.77. The van der Waals surface area contributed by atoms with Gasteiger partial charge in [0.15, 0.2) is 0 Å². The van der Waals surface area contributed by atoms with Gasteiger partial charge in [-0.1, -0.05) is 6.07 Å². The first-order valence-corrected chi connectivity index (χ1v) is 8.34. The van der Waals surface area contributed by atoms with Gasteiger partial charge >= 0.3 is 0 Å². The Kier molecular flexibility index (Phi) is 7.27. The Labute approximate surface area is 125 Å². The van der Waals surface area contributed by atoms with Crippen LogP contribution < -0.4 is 5.73 Å². The Hall–Kier alpha value is -1.51. The molecule has 1 heterocycles. The minimum absolute atomic E-state index is 0.0359. The van der Waals surface area contributed by atoms with E-state index < -0.39 is 10.0 Å². The van der Waals surface area contributed by atoms with Crippen molar-refractivity contribution >= 4 is 15.9 Å². The number of amidine groups is 1. The molecule has 0 saturated heterocycles. The van der Waals surface area contributed by atoms with E-state index in [1.807, 2.05) is 13.0 Å². The van der Waals surface area contributed by atoms with Gasteiger partial charge in [0.1, 0.15) is 0 Å². The van der Waals surface area contributed by atoms with Crippen molar-refractivity contribution in [2.24, 2.45) is 5.73 Å². The molecule has 0 fully saturated rings. The molecular formula is C13H22N4O3S. The minimum Gasteiger partial charge on any atom is -0.388 e. The van der Waals surface area contributed by atoms with Gasteiger partial charge in [0, 0.05) is 38.5 Å². The molecule has 21 heavy (non-hydrogen) atoms. The fourth-order valence-corrected chi connectivity index (χ4v) is 3.00. The third-order valence-corrected chi connectivity index (χ3v) is 4.58. The van der Waals surface area contributed by atoms with Crippen LogP contribution in [0.15, 0.2) is 24.5 Å². The van der Waals surface area contributed by atoms with E-state index in [4.69, 9.17) is 15.9 Å². The van der Waals surface area contributed by atoms with Crippen LogP contribution in [-0.2, 0) is 21.3 Å². The van der Waals surface area contributed by atoms with E-state index >= 15 is 0 Å². The number of hydrogen-bond donors (Lipinski definition) is 2. The molecule has 0 saturated carbocycles. The summed E-state index contributed by atoms with van der Waals surface area (Å²) in [6, 6.07) is 3.57. The summed E-state index contributed by atoms with van der Waals surface area (Å²) in [6.07, 6.45) is 3.46. The molecule has 1 aromatic heterocycles. The lowest BCUT2D eigenvalue weighted by molar-refractivity contribution is 0.162. The second-order valence-corrected chi connectivity index (χ2v) is 6.57. The first kappa shape index (κ1) is 17.5. The SMILES string of the molecule is CCOCCS(=O)(=O)N(CCC(=N)N)Cc1cccnc1. The summed E-state index contributed by atoms with van der Waals surface area (Å²) in [6.45, 7) is 2.85. The van der Waals surface area contributed by atoms with Gasteiger partial charge < -0.3 is 10.5 Å². The standard InChI is InChI=1S/C13H22N4O3S/c1-2-20-8-9-21(18,19)17(7-5-13(14)15)11-12-4-3-6-16-10-12/h3-4,6,10H,2,5,7-9,11H2,1H3,(H3,14,15). The first-order valence-electron chi connectivity index (χ1n) is 6.73. The van der Waals surface area contributed by atoms with Crippen molar-refractivity contribution in [2.45, 2.75) is 19.9 Å². The predicted octanol–water partition coefficient (Wildman–Crippen LogP) is 0.576. The highest BCUT2D eigenvalue weighted by Gasteiger charge is 2.22. The van der Waals surface area contributed by atoms with Gasteiger partial charge in [-0.15, -0.1) is 0 Å². The number of pyridine rings is 1. The molecule has 7 nitrogen and oxygen atoms in total. The zero-order chi connectivity index (χ0) is 15.7. The summed E-state index contributed by atoms with van der Waals surface area (Å²) in [7, 11) is -3.46. The van der Waals surface area contributed by atoms with E-state index in [0.717, 1.165) is 5.56 Å². The van der Waals surface area contributed by atoms with Gasteiger partial charge in [-0.2, -0.15) is 4.31 Å².